The average molecular weight is 366 g/mol. The van der Waals surface area contributed by atoms with E-state index < -0.39 is 6.09 Å². The van der Waals surface area contributed by atoms with E-state index >= 15 is 0 Å². The van der Waals surface area contributed by atoms with Gasteiger partial charge in [-0.1, -0.05) is 46.3 Å². The molecule has 0 heterocycles. The number of hydrogen-bond acceptors (Lipinski definition) is 2. The molecule has 2 aromatic rings. The fourth-order valence-corrected chi connectivity index (χ4v) is 2.39. The van der Waals surface area contributed by atoms with Crippen molar-refractivity contribution in [1.29, 1.82) is 0 Å². The zero-order chi connectivity index (χ0) is 15.9. The van der Waals surface area contributed by atoms with Crippen LogP contribution in [0.5, 0.6) is 0 Å². The Hall–Kier alpha value is -1.88. The van der Waals surface area contributed by atoms with Crippen molar-refractivity contribution in [3.63, 3.8) is 0 Å². The quantitative estimate of drug-likeness (QED) is 0.765. The normalized spacial score (nSPS) is 10.3. The average Bonchev–Trinajstić information content (AvgIpc) is 2.54. The Morgan fingerprint density at radius 1 is 1.23 bits per heavy atom. The molecule has 0 aliphatic carbocycles. The summed E-state index contributed by atoms with van der Waals surface area (Å²) < 4.78 is 19.8. The van der Waals surface area contributed by atoms with Crippen LogP contribution in [0.4, 0.5) is 9.18 Å². The van der Waals surface area contributed by atoms with Gasteiger partial charge in [-0.05, 0) is 30.7 Å². The summed E-state index contributed by atoms with van der Waals surface area (Å²) in [6.45, 7) is 2.66. The molecule has 0 bridgehead atoms. The van der Waals surface area contributed by atoms with Crippen molar-refractivity contribution in [2.24, 2.45) is 0 Å². The first-order valence-electron chi connectivity index (χ1n) is 6.99. The van der Waals surface area contributed by atoms with Crippen LogP contribution in [-0.2, 0) is 17.9 Å². The van der Waals surface area contributed by atoms with Gasteiger partial charge in [-0.2, -0.15) is 0 Å². The molecular formula is C17H17BrFNO2. The number of carbonyl (C=O) groups is 1. The first-order valence-corrected chi connectivity index (χ1v) is 7.79. The Morgan fingerprint density at radius 3 is 2.64 bits per heavy atom. The van der Waals surface area contributed by atoms with Gasteiger partial charge in [0.1, 0.15) is 12.4 Å². The van der Waals surface area contributed by atoms with Gasteiger partial charge in [0, 0.05) is 16.6 Å². The molecule has 0 aromatic heterocycles. The van der Waals surface area contributed by atoms with E-state index in [4.69, 9.17) is 4.74 Å². The van der Waals surface area contributed by atoms with Gasteiger partial charge in [-0.3, -0.25) is 0 Å². The summed E-state index contributed by atoms with van der Waals surface area (Å²) in [6.07, 6.45) is -0.453. The van der Waals surface area contributed by atoms with Crippen LogP contribution in [0.15, 0.2) is 53.0 Å². The van der Waals surface area contributed by atoms with Crippen molar-refractivity contribution in [3.05, 3.63) is 69.9 Å². The lowest BCUT2D eigenvalue weighted by molar-refractivity contribution is 0.0953. The molecule has 0 fully saturated rings. The topological polar surface area (TPSA) is 29.5 Å². The summed E-state index contributed by atoms with van der Waals surface area (Å²) in [7, 11) is 0. The Bertz CT molecular complexity index is 634. The smallest absolute Gasteiger partial charge is 0.410 e. The van der Waals surface area contributed by atoms with E-state index in [-0.39, 0.29) is 19.0 Å². The maximum absolute atomic E-state index is 13.8. The summed E-state index contributed by atoms with van der Waals surface area (Å²) >= 11 is 3.31. The first-order chi connectivity index (χ1) is 10.6. The number of halogens is 2. The van der Waals surface area contributed by atoms with Gasteiger partial charge >= 0.3 is 6.09 Å². The summed E-state index contributed by atoms with van der Waals surface area (Å²) in [4.78, 5) is 13.6. The molecule has 116 valence electrons. The standard InChI is InChI=1S/C17H17BrFNO2/c1-2-20(11-14-10-15(18)8-9-16(14)19)17(21)22-12-13-6-4-3-5-7-13/h3-10H,2,11-12H2,1H3. The van der Waals surface area contributed by atoms with Crippen LogP contribution >= 0.6 is 15.9 Å². The first kappa shape index (κ1) is 16.5. The number of benzene rings is 2. The second-order valence-corrected chi connectivity index (χ2v) is 5.71. The summed E-state index contributed by atoms with van der Waals surface area (Å²) in [5, 5.41) is 0. The van der Waals surface area contributed by atoms with E-state index in [9.17, 15) is 9.18 Å². The Kier molecular flexibility index (Phi) is 5.95. The van der Waals surface area contributed by atoms with E-state index in [1.54, 1.807) is 12.1 Å². The molecule has 0 aliphatic heterocycles. The molecular weight excluding hydrogens is 349 g/mol. The predicted octanol–water partition coefficient (Wildman–Crippen LogP) is 4.75. The monoisotopic (exact) mass is 365 g/mol. The zero-order valence-electron chi connectivity index (χ0n) is 12.3. The van der Waals surface area contributed by atoms with Crippen LogP contribution in [0.2, 0.25) is 0 Å². The summed E-state index contributed by atoms with van der Waals surface area (Å²) in [5.41, 5.74) is 1.37. The fourth-order valence-electron chi connectivity index (χ4n) is 1.99. The van der Waals surface area contributed by atoms with Crippen LogP contribution in [0, 0.1) is 5.82 Å². The minimum atomic E-state index is -0.453. The molecule has 1 amide bonds. The maximum Gasteiger partial charge on any atom is 0.410 e. The molecule has 0 saturated heterocycles. The van der Waals surface area contributed by atoms with Crippen LogP contribution in [0.1, 0.15) is 18.1 Å². The van der Waals surface area contributed by atoms with Gasteiger partial charge in [0.2, 0.25) is 0 Å². The highest BCUT2D eigenvalue weighted by atomic mass is 79.9. The molecule has 2 rings (SSSR count). The van der Waals surface area contributed by atoms with Gasteiger partial charge < -0.3 is 9.64 Å². The third-order valence-electron chi connectivity index (χ3n) is 3.21. The van der Waals surface area contributed by atoms with Crippen molar-refractivity contribution < 1.29 is 13.9 Å². The largest absolute Gasteiger partial charge is 0.445 e. The van der Waals surface area contributed by atoms with E-state index in [2.05, 4.69) is 15.9 Å². The number of rotatable bonds is 5. The highest BCUT2D eigenvalue weighted by Crippen LogP contribution is 2.17. The van der Waals surface area contributed by atoms with Gasteiger partial charge in [0.15, 0.2) is 0 Å². The minimum absolute atomic E-state index is 0.176. The predicted molar refractivity (Wildman–Crippen MR) is 86.8 cm³/mol. The molecule has 5 heteroatoms. The van der Waals surface area contributed by atoms with E-state index in [0.717, 1.165) is 10.0 Å². The Morgan fingerprint density at radius 2 is 1.95 bits per heavy atom. The van der Waals surface area contributed by atoms with Gasteiger partial charge in [0.25, 0.3) is 0 Å². The number of carbonyl (C=O) groups excluding carboxylic acids is 1. The zero-order valence-corrected chi connectivity index (χ0v) is 13.8. The van der Waals surface area contributed by atoms with Gasteiger partial charge in [0.05, 0.1) is 6.54 Å². The summed E-state index contributed by atoms with van der Waals surface area (Å²) in [5.74, 6) is -0.336. The number of nitrogens with zero attached hydrogens (tertiary/aromatic N) is 1. The number of hydrogen-bond donors (Lipinski definition) is 0. The molecule has 0 N–H and O–H groups in total. The second-order valence-electron chi connectivity index (χ2n) is 4.79. The second kappa shape index (κ2) is 7.94. The lowest BCUT2D eigenvalue weighted by Crippen LogP contribution is -2.31. The highest BCUT2D eigenvalue weighted by Gasteiger charge is 2.16. The molecule has 0 aliphatic rings. The SMILES string of the molecule is CCN(Cc1cc(Br)ccc1F)C(=O)OCc1ccccc1. The highest BCUT2D eigenvalue weighted by molar-refractivity contribution is 9.10. The third-order valence-corrected chi connectivity index (χ3v) is 3.71. The Labute approximate surface area is 137 Å². The van der Waals surface area contributed by atoms with E-state index in [1.165, 1.54) is 11.0 Å². The maximum atomic E-state index is 13.8. The van der Waals surface area contributed by atoms with Crippen LogP contribution in [0.3, 0.4) is 0 Å². The van der Waals surface area contributed by atoms with Crippen LogP contribution in [-0.4, -0.2) is 17.5 Å². The van der Waals surface area contributed by atoms with Gasteiger partial charge in [-0.15, -0.1) is 0 Å². The fraction of sp³-hybridized carbons (Fsp3) is 0.235. The van der Waals surface area contributed by atoms with E-state index in [0.29, 0.717) is 12.1 Å². The molecule has 3 nitrogen and oxygen atoms in total. The van der Waals surface area contributed by atoms with Crippen LogP contribution in [0.25, 0.3) is 0 Å². The Balaban J connectivity index is 1.98. The third kappa shape index (κ3) is 4.56. The molecule has 0 atom stereocenters. The summed E-state index contributed by atoms with van der Waals surface area (Å²) in [6, 6.07) is 14.1. The molecule has 0 unspecified atom stereocenters. The molecule has 0 spiro atoms. The molecule has 22 heavy (non-hydrogen) atoms. The molecule has 0 radical (unpaired) electrons. The van der Waals surface area contributed by atoms with Crippen LogP contribution < -0.4 is 0 Å². The minimum Gasteiger partial charge on any atom is -0.445 e. The molecule has 2 aromatic carbocycles. The molecule has 0 saturated carbocycles. The van der Waals surface area contributed by atoms with Crippen molar-refractivity contribution in [1.82, 2.24) is 4.90 Å². The van der Waals surface area contributed by atoms with E-state index in [1.807, 2.05) is 37.3 Å². The van der Waals surface area contributed by atoms with Crippen molar-refractivity contribution in [2.75, 3.05) is 6.54 Å². The van der Waals surface area contributed by atoms with Crippen molar-refractivity contribution in [3.8, 4) is 0 Å². The lowest BCUT2D eigenvalue weighted by atomic mass is 10.2. The number of amides is 1. The lowest BCUT2D eigenvalue weighted by Gasteiger charge is -2.21. The van der Waals surface area contributed by atoms with Crippen molar-refractivity contribution in [2.45, 2.75) is 20.1 Å². The number of ether oxygens (including phenoxy) is 1. The van der Waals surface area contributed by atoms with Crippen molar-refractivity contribution >= 4 is 22.0 Å². The van der Waals surface area contributed by atoms with Gasteiger partial charge in [-0.25, -0.2) is 9.18 Å².